The first-order valence-electron chi connectivity index (χ1n) is 9.59. The lowest BCUT2D eigenvalue weighted by molar-refractivity contribution is -0.117. The Balaban J connectivity index is 1.39. The molecule has 1 aromatic heterocycles. The maximum Gasteiger partial charge on any atom is 0.437 e. The molecular weight excluding hydrogens is 407 g/mol. The molecule has 156 valence electrons. The number of carbonyl (C=O) groups is 1. The largest absolute Gasteiger partial charge is 0.437 e. The molecule has 1 saturated heterocycles. The van der Waals surface area contributed by atoms with Gasteiger partial charge < -0.3 is 9.73 Å². The normalized spacial score (nSPS) is 14.6. The Labute approximate surface area is 176 Å². The van der Waals surface area contributed by atoms with E-state index in [2.05, 4.69) is 15.3 Å². The fraction of sp³-hybridized carbons (Fsp3) is 0.286. The molecule has 2 aromatic carbocycles. The molecule has 7 nitrogen and oxygen atoms in total. The molecule has 0 aliphatic carbocycles. The van der Waals surface area contributed by atoms with Gasteiger partial charge in [-0.05, 0) is 42.0 Å². The number of rotatable bonds is 6. The van der Waals surface area contributed by atoms with E-state index in [9.17, 15) is 14.0 Å². The zero-order chi connectivity index (χ0) is 20.9. The lowest BCUT2D eigenvalue weighted by Crippen LogP contribution is -2.32. The van der Waals surface area contributed by atoms with Gasteiger partial charge in [0.1, 0.15) is 12.4 Å². The third kappa shape index (κ3) is 5.17. The van der Waals surface area contributed by atoms with E-state index in [-0.39, 0.29) is 18.3 Å². The number of thioether (sulfide) groups is 1. The van der Waals surface area contributed by atoms with Gasteiger partial charge in [-0.25, -0.2) is 9.18 Å². The summed E-state index contributed by atoms with van der Waals surface area (Å²) in [5.74, 6) is 0.783. The smallest absolute Gasteiger partial charge is 0.388 e. The Morgan fingerprint density at radius 1 is 1.17 bits per heavy atom. The molecule has 0 atom stereocenters. The number of hydrogen-bond acceptors (Lipinski definition) is 6. The average Bonchev–Trinajstić information content (AvgIpc) is 3.09. The van der Waals surface area contributed by atoms with Gasteiger partial charge in [-0.1, -0.05) is 12.1 Å². The summed E-state index contributed by atoms with van der Waals surface area (Å²) in [6.45, 7) is 2.69. The Hall–Kier alpha value is -2.91. The summed E-state index contributed by atoms with van der Waals surface area (Å²) in [5.41, 5.74) is 2.24. The zero-order valence-electron chi connectivity index (χ0n) is 16.2. The highest BCUT2D eigenvalue weighted by atomic mass is 32.2. The number of hydrogen-bond donors (Lipinski definition) is 1. The molecule has 4 rings (SSSR count). The zero-order valence-corrected chi connectivity index (χ0v) is 17.0. The highest BCUT2D eigenvalue weighted by Crippen LogP contribution is 2.17. The number of nitrogens with one attached hydrogen (secondary N) is 1. The first-order chi connectivity index (χ1) is 14.6. The molecule has 1 aliphatic heterocycles. The lowest BCUT2D eigenvalue weighted by atomic mass is 10.2. The number of benzene rings is 2. The topological polar surface area (TPSA) is 80.4 Å². The molecule has 1 amide bonds. The van der Waals surface area contributed by atoms with Crippen molar-refractivity contribution in [2.24, 2.45) is 0 Å². The van der Waals surface area contributed by atoms with Crippen LogP contribution in [0.1, 0.15) is 5.56 Å². The predicted octanol–water partition coefficient (Wildman–Crippen LogP) is 2.83. The van der Waals surface area contributed by atoms with Crippen LogP contribution in [0.25, 0.3) is 11.5 Å². The molecule has 2 heterocycles. The fourth-order valence-corrected chi connectivity index (χ4v) is 4.20. The summed E-state index contributed by atoms with van der Waals surface area (Å²) in [6, 6.07) is 13.1. The van der Waals surface area contributed by atoms with E-state index in [0.29, 0.717) is 11.3 Å². The third-order valence-corrected chi connectivity index (χ3v) is 5.65. The van der Waals surface area contributed by atoms with E-state index in [4.69, 9.17) is 4.42 Å². The summed E-state index contributed by atoms with van der Waals surface area (Å²) in [5, 5.41) is 6.83. The summed E-state index contributed by atoms with van der Waals surface area (Å²) in [7, 11) is 0. The quantitative estimate of drug-likeness (QED) is 0.650. The fourth-order valence-electron chi connectivity index (χ4n) is 3.22. The Morgan fingerprint density at radius 2 is 1.93 bits per heavy atom. The molecule has 0 bridgehead atoms. The Morgan fingerprint density at radius 3 is 2.70 bits per heavy atom. The van der Waals surface area contributed by atoms with Crippen molar-refractivity contribution >= 4 is 23.4 Å². The van der Waals surface area contributed by atoms with Crippen molar-refractivity contribution in [2.75, 3.05) is 29.9 Å². The van der Waals surface area contributed by atoms with Crippen LogP contribution >= 0.6 is 11.8 Å². The number of carbonyl (C=O) groups excluding carboxylic acids is 1. The van der Waals surface area contributed by atoms with Gasteiger partial charge in [0.05, 0.1) is 0 Å². The molecule has 1 N–H and O–H groups in total. The van der Waals surface area contributed by atoms with Crippen LogP contribution in [-0.2, 0) is 17.9 Å². The molecule has 9 heteroatoms. The Bertz CT molecular complexity index is 1070. The van der Waals surface area contributed by atoms with E-state index in [1.54, 1.807) is 0 Å². The van der Waals surface area contributed by atoms with Gasteiger partial charge in [0.25, 0.3) is 0 Å². The summed E-state index contributed by atoms with van der Waals surface area (Å²) < 4.78 is 19.1. The van der Waals surface area contributed by atoms with E-state index in [1.807, 2.05) is 36.0 Å². The first kappa shape index (κ1) is 20.4. The maximum absolute atomic E-state index is 13.1. The molecule has 3 aromatic rings. The number of amides is 1. The van der Waals surface area contributed by atoms with Crippen molar-refractivity contribution in [1.82, 2.24) is 14.7 Å². The van der Waals surface area contributed by atoms with Gasteiger partial charge in [-0.3, -0.25) is 9.69 Å². The van der Waals surface area contributed by atoms with E-state index in [0.717, 1.165) is 41.4 Å². The standard InChI is InChI=1S/C21H21FN4O3S/c22-17-6-4-16(5-7-17)20-24-26(21(28)29-20)14-19(27)23-18-3-1-2-15(12-18)13-25-8-10-30-11-9-25/h1-7,12H,8-11,13-14H2,(H,23,27). The van der Waals surface area contributed by atoms with Gasteiger partial charge in [0.15, 0.2) is 0 Å². The molecule has 0 radical (unpaired) electrons. The van der Waals surface area contributed by atoms with Crippen LogP contribution in [0.5, 0.6) is 0 Å². The van der Waals surface area contributed by atoms with E-state index >= 15 is 0 Å². The van der Waals surface area contributed by atoms with E-state index in [1.165, 1.54) is 24.3 Å². The Kier molecular flexibility index (Phi) is 6.29. The minimum absolute atomic E-state index is 0.0366. The highest BCUT2D eigenvalue weighted by Gasteiger charge is 2.14. The second kappa shape index (κ2) is 9.27. The van der Waals surface area contributed by atoms with Gasteiger partial charge in [-0.2, -0.15) is 16.4 Å². The molecule has 0 spiro atoms. The molecule has 30 heavy (non-hydrogen) atoms. The molecular formula is C21H21FN4O3S. The van der Waals surface area contributed by atoms with Crippen molar-refractivity contribution < 1.29 is 13.6 Å². The van der Waals surface area contributed by atoms with Crippen LogP contribution in [0.4, 0.5) is 10.1 Å². The second-order valence-electron chi connectivity index (χ2n) is 6.97. The maximum atomic E-state index is 13.1. The first-order valence-corrected chi connectivity index (χ1v) is 10.7. The summed E-state index contributed by atoms with van der Waals surface area (Å²) in [4.78, 5) is 26.8. The van der Waals surface area contributed by atoms with Crippen LogP contribution < -0.4 is 11.1 Å². The molecule has 0 saturated carbocycles. The molecule has 1 fully saturated rings. The second-order valence-corrected chi connectivity index (χ2v) is 8.20. The summed E-state index contributed by atoms with van der Waals surface area (Å²) in [6.07, 6.45) is 0. The van der Waals surface area contributed by atoms with Crippen LogP contribution in [0.3, 0.4) is 0 Å². The number of halogens is 1. The van der Waals surface area contributed by atoms with Crippen LogP contribution in [0, 0.1) is 5.82 Å². The highest BCUT2D eigenvalue weighted by molar-refractivity contribution is 7.99. The van der Waals surface area contributed by atoms with E-state index < -0.39 is 11.6 Å². The number of aromatic nitrogens is 2. The van der Waals surface area contributed by atoms with Crippen molar-refractivity contribution in [2.45, 2.75) is 13.1 Å². The lowest BCUT2D eigenvalue weighted by Gasteiger charge is -2.26. The van der Waals surface area contributed by atoms with Gasteiger partial charge in [-0.15, -0.1) is 5.10 Å². The monoisotopic (exact) mass is 428 g/mol. The molecule has 1 aliphatic rings. The van der Waals surface area contributed by atoms with Gasteiger partial charge >= 0.3 is 5.76 Å². The summed E-state index contributed by atoms with van der Waals surface area (Å²) >= 11 is 1.97. The van der Waals surface area contributed by atoms with Crippen molar-refractivity contribution in [3.63, 3.8) is 0 Å². The van der Waals surface area contributed by atoms with Crippen LogP contribution in [0.15, 0.2) is 57.7 Å². The number of anilines is 1. The van der Waals surface area contributed by atoms with Crippen molar-refractivity contribution in [3.8, 4) is 11.5 Å². The SMILES string of the molecule is O=C(Cn1nc(-c2ccc(F)cc2)oc1=O)Nc1cccc(CN2CCSCC2)c1. The van der Waals surface area contributed by atoms with Crippen LogP contribution in [0.2, 0.25) is 0 Å². The van der Waals surface area contributed by atoms with Gasteiger partial charge in [0.2, 0.25) is 11.8 Å². The minimum Gasteiger partial charge on any atom is -0.388 e. The minimum atomic E-state index is -0.749. The van der Waals surface area contributed by atoms with Crippen molar-refractivity contribution in [3.05, 3.63) is 70.5 Å². The van der Waals surface area contributed by atoms with Gasteiger partial charge in [0, 0.05) is 42.4 Å². The average molecular weight is 428 g/mol. The van der Waals surface area contributed by atoms with Crippen molar-refractivity contribution in [1.29, 1.82) is 0 Å². The third-order valence-electron chi connectivity index (χ3n) is 4.71. The predicted molar refractivity (Wildman–Crippen MR) is 114 cm³/mol. The molecule has 0 unspecified atom stereocenters. The number of nitrogens with zero attached hydrogens (tertiary/aromatic N) is 3. The van der Waals surface area contributed by atoms with Crippen LogP contribution in [-0.4, -0.2) is 45.2 Å².